The first-order valence-electron chi connectivity index (χ1n) is 5.54. The van der Waals surface area contributed by atoms with E-state index in [1.54, 1.807) is 0 Å². The van der Waals surface area contributed by atoms with E-state index < -0.39 is 0 Å². The van der Waals surface area contributed by atoms with Crippen molar-refractivity contribution in [2.24, 2.45) is 11.7 Å². The van der Waals surface area contributed by atoms with Gasteiger partial charge in [0.2, 0.25) is 0 Å². The first-order valence-corrected chi connectivity index (χ1v) is 5.54. The first kappa shape index (κ1) is 12.2. The molecule has 0 aliphatic heterocycles. The van der Waals surface area contributed by atoms with Crippen LogP contribution in [-0.4, -0.2) is 15.2 Å². The molecule has 1 heterocycles. The van der Waals surface area contributed by atoms with Gasteiger partial charge in [-0.3, -0.25) is 5.10 Å². The minimum Gasteiger partial charge on any atom is -0.321 e. The van der Waals surface area contributed by atoms with Gasteiger partial charge in [0.05, 0.1) is 6.04 Å². The molecule has 1 aromatic heterocycles. The van der Waals surface area contributed by atoms with Crippen molar-refractivity contribution in [3.8, 4) is 0 Å². The second-order valence-corrected chi connectivity index (χ2v) is 5.21. The molecule has 0 radical (unpaired) electrons. The molecule has 0 amide bonds. The molecule has 0 saturated carbocycles. The third kappa shape index (κ3) is 2.78. The maximum absolute atomic E-state index is 6.07. The van der Waals surface area contributed by atoms with Crippen LogP contribution in [0, 0.1) is 5.92 Å². The summed E-state index contributed by atoms with van der Waals surface area (Å²) in [4.78, 5) is 4.46. The van der Waals surface area contributed by atoms with E-state index in [0.717, 1.165) is 18.1 Å². The summed E-state index contributed by atoms with van der Waals surface area (Å²) in [6, 6.07) is -0.0430. The van der Waals surface area contributed by atoms with Crippen molar-refractivity contribution in [2.45, 2.75) is 52.5 Å². The van der Waals surface area contributed by atoms with Crippen molar-refractivity contribution in [3.63, 3.8) is 0 Å². The first-order chi connectivity index (χ1) is 6.86. The smallest absolute Gasteiger partial charge is 0.156 e. The number of nitrogens with zero attached hydrogens (tertiary/aromatic N) is 2. The Bertz CT molecular complexity index is 311. The Labute approximate surface area is 91.7 Å². The predicted octanol–water partition coefficient (Wildman–Crippen LogP) is 2.15. The predicted molar refractivity (Wildman–Crippen MR) is 61.5 cm³/mol. The number of nitrogens with one attached hydrogen (secondary N) is 1. The van der Waals surface area contributed by atoms with E-state index in [1.165, 1.54) is 0 Å². The van der Waals surface area contributed by atoms with Crippen LogP contribution in [0.25, 0.3) is 0 Å². The molecule has 3 N–H and O–H groups in total. The third-order valence-electron chi connectivity index (χ3n) is 2.75. The summed E-state index contributed by atoms with van der Waals surface area (Å²) in [5, 5.41) is 7.15. The van der Waals surface area contributed by atoms with Gasteiger partial charge >= 0.3 is 0 Å². The lowest BCUT2D eigenvalue weighted by Crippen LogP contribution is -2.20. The quantitative estimate of drug-likeness (QED) is 0.803. The molecule has 86 valence electrons. The lowest BCUT2D eigenvalue weighted by atomic mass is 9.96. The van der Waals surface area contributed by atoms with Crippen LogP contribution in [0.2, 0.25) is 0 Å². The summed E-state index contributed by atoms with van der Waals surface area (Å²) in [5.74, 6) is 2.05. The van der Waals surface area contributed by atoms with Crippen molar-refractivity contribution in [1.82, 2.24) is 15.2 Å². The van der Waals surface area contributed by atoms with Gasteiger partial charge < -0.3 is 5.73 Å². The Balaban J connectivity index is 2.85. The zero-order chi connectivity index (χ0) is 11.6. The Morgan fingerprint density at radius 3 is 2.40 bits per heavy atom. The molecule has 0 spiro atoms. The van der Waals surface area contributed by atoms with Crippen LogP contribution in [0.3, 0.4) is 0 Å². The van der Waals surface area contributed by atoms with Crippen LogP contribution in [0.15, 0.2) is 0 Å². The van der Waals surface area contributed by atoms with Crippen molar-refractivity contribution >= 4 is 0 Å². The highest BCUT2D eigenvalue weighted by Gasteiger charge is 2.22. The van der Waals surface area contributed by atoms with Crippen LogP contribution in [0.4, 0.5) is 0 Å². The zero-order valence-electron chi connectivity index (χ0n) is 10.3. The van der Waals surface area contributed by atoms with Gasteiger partial charge in [-0.25, -0.2) is 4.98 Å². The van der Waals surface area contributed by atoms with Crippen LogP contribution < -0.4 is 5.73 Å². The topological polar surface area (TPSA) is 67.6 Å². The van der Waals surface area contributed by atoms with Gasteiger partial charge in [0.15, 0.2) is 5.82 Å². The van der Waals surface area contributed by atoms with Crippen molar-refractivity contribution in [1.29, 1.82) is 0 Å². The van der Waals surface area contributed by atoms with Crippen molar-refractivity contribution < 1.29 is 0 Å². The largest absolute Gasteiger partial charge is 0.321 e. The van der Waals surface area contributed by atoms with E-state index in [4.69, 9.17) is 5.73 Å². The Hall–Kier alpha value is -0.900. The Morgan fingerprint density at radius 1 is 1.40 bits per heavy atom. The van der Waals surface area contributed by atoms with Gasteiger partial charge in [0.1, 0.15) is 5.82 Å². The second kappa shape index (κ2) is 4.31. The van der Waals surface area contributed by atoms with E-state index in [9.17, 15) is 0 Å². The molecule has 0 saturated heterocycles. The number of aromatic amines is 1. The lowest BCUT2D eigenvalue weighted by molar-refractivity contribution is 0.439. The van der Waals surface area contributed by atoms with Gasteiger partial charge in [0, 0.05) is 5.41 Å². The molecule has 2 atom stereocenters. The third-order valence-corrected chi connectivity index (χ3v) is 2.75. The van der Waals surface area contributed by atoms with E-state index in [1.807, 2.05) is 0 Å². The molecular weight excluding hydrogens is 188 g/mol. The number of H-pyrrole nitrogens is 1. The zero-order valence-corrected chi connectivity index (χ0v) is 10.3. The summed E-state index contributed by atoms with van der Waals surface area (Å²) < 4.78 is 0. The highest BCUT2D eigenvalue weighted by Crippen LogP contribution is 2.22. The van der Waals surface area contributed by atoms with Gasteiger partial charge in [-0.1, -0.05) is 41.0 Å². The molecule has 1 aromatic rings. The standard InChI is InChI=1S/C11H22N4/c1-6-7(2)8(12)9-13-10(15-14-9)11(3,4)5/h7-8H,6,12H2,1-5H3,(H,13,14,15). The van der Waals surface area contributed by atoms with Gasteiger partial charge in [-0.05, 0) is 5.92 Å². The van der Waals surface area contributed by atoms with E-state index in [-0.39, 0.29) is 11.5 Å². The molecule has 1 rings (SSSR count). The normalized spacial score (nSPS) is 16.4. The van der Waals surface area contributed by atoms with E-state index in [0.29, 0.717) is 5.92 Å². The summed E-state index contributed by atoms with van der Waals surface area (Å²) in [7, 11) is 0. The van der Waals surface area contributed by atoms with Gasteiger partial charge in [-0.15, -0.1) is 0 Å². The summed E-state index contributed by atoms with van der Waals surface area (Å²) >= 11 is 0. The summed E-state index contributed by atoms with van der Waals surface area (Å²) in [6.07, 6.45) is 1.05. The SMILES string of the molecule is CCC(C)C(N)c1nc(C(C)(C)C)n[nH]1. The highest BCUT2D eigenvalue weighted by molar-refractivity contribution is 5.04. The summed E-state index contributed by atoms with van der Waals surface area (Å²) in [5.41, 5.74) is 6.05. The number of hydrogen-bond donors (Lipinski definition) is 2. The second-order valence-electron chi connectivity index (χ2n) is 5.21. The monoisotopic (exact) mass is 210 g/mol. The lowest BCUT2D eigenvalue weighted by Gasteiger charge is -2.15. The van der Waals surface area contributed by atoms with Crippen LogP contribution in [-0.2, 0) is 5.41 Å². The minimum atomic E-state index is -0.0430. The van der Waals surface area contributed by atoms with Gasteiger partial charge in [-0.2, -0.15) is 5.10 Å². The van der Waals surface area contributed by atoms with Crippen LogP contribution >= 0.6 is 0 Å². The van der Waals surface area contributed by atoms with Crippen LogP contribution in [0.1, 0.15) is 58.7 Å². The van der Waals surface area contributed by atoms with Gasteiger partial charge in [0.25, 0.3) is 0 Å². The molecular formula is C11H22N4. The summed E-state index contributed by atoms with van der Waals surface area (Å²) in [6.45, 7) is 10.5. The minimum absolute atomic E-state index is 0.0239. The van der Waals surface area contributed by atoms with E-state index in [2.05, 4.69) is 49.8 Å². The average Bonchev–Trinajstić information content (AvgIpc) is 2.63. The maximum Gasteiger partial charge on any atom is 0.156 e. The molecule has 0 fully saturated rings. The Morgan fingerprint density at radius 2 is 2.00 bits per heavy atom. The Kier molecular flexibility index (Phi) is 3.50. The highest BCUT2D eigenvalue weighted by atomic mass is 15.2. The van der Waals surface area contributed by atoms with Crippen molar-refractivity contribution in [3.05, 3.63) is 11.6 Å². The molecule has 0 aromatic carbocycles. The molecule has 2 unspecified atom stereocenters. The molecule has 15 heavy (non-hydrogen) atoms. The molecule has 4 nitrogen and oxygen atoms in total. The molecule has 0 aliphatic carbocycles. The molecule has 4 heteroatoms. The number of rotatable bonds is 3. The molecule has 0 bridgehead atoms. The average molecular weight is 210 g/mol. The van der Waals surface area contributed by atoms with E-state index >= 15 is 0 Å². The van der Waals surface area contributed by atoms with Crippen molar-refractivity contribution in [2.75, 3.05) is 0 Å². The fourth-order valence-corrected chi connectivity index (χ4v) is 1.28. The van der Waals surface area contributed by atoms with Crippen LogP contribution in [0.5, 0.6) is 0 Å². The fraction of sp³-hybridized carbons (Fsp3) is 0.818. The number of nitrogens with two attached hydrogens (primary N) is 1. The molecule has 0 aliphatic rings. The number of aromatic nitrogens is 3. The fourth-order valence-electron chi connectivity index (χ4n) is 1.28. The number of hydrogen-bond acceptors (Lipinski definition) is 3. The maximum atomic E-state index is 6.07.